The lowest BCUT2D eigenvalue weighted by molar-refractivity contribution is -0.139. The van der Waals surface area contributed by atoms with Crippen LogP contribution in [0.1, 0.15) is 49.7 Å². The number of hydrogen-bond acceptors (Lipinski definition) is 1. The molecule has 1 heterocycles. The van der Waals surface area contributed by atoms with Gasteiger partial charge in [0.15, 0.2) is 22.8 Å². The van der Waals surface area contributed by atoms with E-state index in [1.807, 2.05) is 6.08 Å². The van der Waals surface area contributed by atoms with Gasteiger partial charge in [-0.15, -0.1) is 0 Å². The Hall–Kier alpha value is -2.63. The molecule has 0 aliphatic heterocycles. The van der Waals surface area contributed by atoms with Crippen molar-refractivity contribution in [1.82, 2.24) is 0 Å². The highest BCUT2D eigenvalue weighted by Gasteiger charge is 2.36. The maximum atomic E-state index is 15.3. The molecule has 1 unspecified atom stereocenters. The Morgan fingerprint density at radius 3 is 2.23 bits per heavy atom. The van der Waals surface area contributed by atoms with Gasteiger partial charge in [-0.2, -0.15) is 13.2 Å². The van der Waals surface area contributed by atoms with Crippen LogP contribution in [0, 0.1) is 17.6 Å². The summed E-state index contributed by atoms with van der Waals surface area (Å²) < 4.78 is 74.0. The third kappa shape index (κ3) is 3.04. The normalized spacial score (nSPS) is 20.1. The topological polar surface area (TPSA) is 13.1 Å². The molecule has 0 radical (unpaired) electrons. The number of furan rings is 1. The van der Waals surface area contributed by atoms with Crippen molar-refractivity contribution in [1.29, 1.82) is 0 Å². The molecule has 1 nitrogen and oxygen atoms in total. The maximum absolute atomic E-state index is 15.3. The van der Waals surface area contributed by atoms with E-state index in [2.05, 4.69) is 6.08 Å². The lowest BCUT2D eigenvalue weighted by Crippen LogP contribution is -2.08. The van der Waals surface area contributed by atoms with Crippen molar-refractivity contribution >= 4 is 27.5 Å². The van der Waals surface area contributed by atoms with Gasteiger partial charge in [0.05, 0.1) is 5.56 Å². The van der Waals surface area contributed by atoms with E-state index in [0.29, 0.717) is 17.5 Å². The molecule has 30 heavy (non-hydrogen) atoms. The number of halogens is 5. The van der Waals surface area contributed by atoms with Crippen molar-refractivity contribution in [2.24, 2.45) is 5.92 Å². The van der Waals surface area contributed by atoms with Gasteiger partial charge in [0.1, 0.15) is 0 Å². The first-order valence-electron chi connectivity index (χ1n) is 10.1. The summed E-state index contributed by atoms with van der Waals surface area (Å²) in [6, 6.07) is 5.01. The van der Waals surface area contributed by atoms with Crippen LogP contribution in [-0.4, -0.2) is 0 Å². The Kier molecular flexibility index (Phi) is 4.49. The highest BCUT2D eigenvalue weighted by atomic mass is 19.4. The first kappa shape index (κ1) is 19.3. The summed E-state index contributed by atoms with van der Waals surface area (Å²) in [6.45, 7) is 0. The molecular weight excluding hydrogens is 399 g/mol. The average molecular weight is 418 g/mol. The smallest absolute Gasteiger partial charge is 0.419 e. The van der Waals surface area contributed by atoms with Crippen molar-refractivity contribution in [2.45, 2.75) is 44.7 Å². The summed E-state index contributed by atoms with van der Waals surface area (Å²) >= 11 is 0. The second-order valence-corrected chi connectivity index (χ2v) is 8.08. The van der Waals surface area contributed by atoms with Gasteiger partial charge in [-0.1, -0.05) is 23.8 Å². The predicted octanol–water partition coefficient (Wildman–Crippen LogP) is 8.18. The molecule has 2 aromatic carbocycles. The van der Waals surface area contributed by atoms with E-state index < -0.39 is 29.0 Å². The molecule has 0 saturated heterocycles. The summed E-state index contributed by atoms with van der Waals surface area (Å²) in [5.41, 5.74) is 0.536. The van der Waals surface area contributed by atoms with Crippen molar-refractivity contribution in [3.63, 3.8) is 0 Å². The monoisotopic (exact) mass is 418 g/mol. The van der Waals surface area contributed by atoms with E-state index in [-0.39, 0.29) is 16.4 Å². The Balaban J connectivity index is 1.56. The molecule has 0 fully saturated rings. The standard InChI is InChI=1S/C24H19F5O/c25-20-16(15-7-5-14(6-8-15)13-3-1-2-4-13)9-10-17-18-11-12-19(24(27,28)29)21(26)23(18)30-22(17)20/h3,7,9-12,14H,1-2,4-6,8H2. The average Bonchev–Trinajstić information content (AvgIpc) is 3.37. The molecule has 6 heteroatoms. The van der Waals surface area contributed by atoms with Crippen molar-refractivity contribution < 1.29 is 26.4 Å². The largest absolute Gasteiger partial charge is 0.450 e. The van der Waals surface area contributed by atoms with Gasteiger partial charge in [0, 0.05) is 16.3 Å². The summed E-state index contributed by atoms with van der Waals surface area (Å²) in [6.07, 6.45) is 5.49. The minimum atomic E-state index is -4.85. The van der Waals surface area contributed by atoms with E-state index in [9.17, 15) is 17.6 Å². The third-order valence-electron chi connectivity index (χ3n) is 6.35. The first-order chi connectivity index (χ1) is 14.3. The minimum Gasteiger partial charge on any atom is -0.450 e. The van der Waals surface area contributed by atoms with Gasteiger partial charge in [0.25, 0.3) is 0 Å². The summed E-state index contributed by atoms with van der Waals surface area (Å²) in [5, 5.41) is 0.399. The zero-order chi connectivity index (χ0) is 21.0. The number of rotatable bonds is 2. The molecule has 0 saturated carbocycles. The Labute approximate surface area is 169 Å². The van der Waals surface area contributed by atoms with E-state index in [1.54, 1.807) is 12.1 Å². The van der Waals surface area contributed by atoms with Gasteiger partial charge < -0.3 is 4.42 Å². The summed E-state index contributed by atoms with van der Waals surface area (Å²) in [7, 11) is 0. The van der Waals surface area contributed by atoms with Crippen molar-refractivity contribution in [3.8, 4) is 0 Å². The lowest BCUT2D eigenvalue weighted by Gasteiger charge is -2.23. The van der Waals surface area contributed by atoms with Crippen LogP contribution in [0.3, 0.4) is 0 Å². The van der Waals surface area contributed by atoms with Crippen LogP contribution in [0.25, 0.3) is 27.5 Å². The van der Waals surface area contributed by atoms with Crippen LogP contribution >= 0.6 is 0 Å². The van der Waals surface area contributed by atoms with Gasteiger partial charge in [-0.05, 0) is 68.2 Å². The molecule has 3 aromatic rings. The summed E-state index contributed by atoms with van der Waals surface area (Å²) in [4.78, 5) is 0. The predicted molar refractivity (Wildman–Crippen MR) is 106 cm³/mol. The van der Waals surface area contributed by atoms with Crippen LogP contribution in [0.5, 0.6) is 0 Å². The van der Waals surface area contributed by atoms with E-state index in [1.165, 1.54) is 12.0 Å². The molecule has 1 aromatic heterocycles. The zero-order valence-corrected chi connectivity index (χ0v) is 16.1. The molecule has 5 rings (SSSR count). The van der Waals surface area contributed by atoms with Gasteiger partial charge in [0.2, 0.25) is 0 Å². The van der Waals surface area contributed by atoms with Crippen LogP contribution < -0.4 is 0 Å². The van der Waals surface area contributed by atoms with Crippen LogP contribution in [0.15, 0.2) is 46.4 Å². The fourth-order valence-electron chi connectivity index (χ4n) is 4.79. The molecule has 0 amide bonds. The number of fused-ring (bicyclic) bond motifs is 3. The quantitative estimate of drug-likeness (QED) is 0.302. The molecule has 1 atom stereocenters. The van der Waals surface area contributed by atoms with Gasteiger partial charge >= 0.3 is 6.18 Å². The Morgan fingerprint density at radius 1 is 0.867 bits per heavy atom. The van der Waals surface area contributed by atoms with Crippen molar-refractivity contribution in [2.75, 3.05) is 0 Å². The second-order valence-electron chi connectivity index (χ2n) is 8.08. The van der Waals surface area contributed by atoms with E-state index >= 15 is 4.39 Å². The minimum absolute atomic E-state index is 0.131. The number of alkyl halides is 3. The first-order valence-corrected chi connectivity index (χ1v) is 10.1. The maximum Gasteiger partial charge on any atom is 0.419 e. The molecule has 2 aliphatic carbocycles. The number of allylic oxidation sites excluding steroid dienone is 4. The molecular formula is C24H19F5O. The summed E-state index contributed by atoms with van der Waals surface area (Å²) in [5.74, 6) is -1.66. The van der Waals surface area contributed by atoms with Crippen LogP contribution in [-0.2, 0) is 6.18 Å². The highest BCUT2D eigenvalue weighted by Crippen LogP contribution is 2.42. The lowest BCUT2D eigenvalue weighted by atomic mass is 9.82. The second kappa shape index (κ2) is 6.96. The Bertz CT molecular complexity index is 1210. The van der Waals surface area contributed by atoms with Gasteiger partial charge in [-0.3, -0.25) is 0 Å². The molecule has 0 bridgehead atoms. The molecule has 0 N–H and O–H groups in total. The molecule has 156 valence electrons. The zero-order valence-electron chi connectivity index (χ0n) is 16.1. The van der Waals surface area contributed by atoms with E-state index in [0.717, 1.165) is 43.7 Å². The molecule has 0 spiro atoms. The third-order valence-corrected chi connectivity index (χ3v) is 6.35. The van der Waals surface area contributed by atoms with E-state index in [4.69, 9.17) is 4.42 Å². The van der Waals surface area contributed by atoms with Crippen LogP contribution in [0.4, 0.5) is 22.0 Å². The SMILES string of the molecule is Fc1c(C2=CCC(C3=CCCC3)CC2)ccc2c1oc1c(F)c(C(F)(F)F)ccc12. The fourth-order valence-corrected chi connectivity index (χ4v) is 4.79. The number of benzene rings is 2. The fraction of sp³-hybridized carbons (Fsp3) is 0.333. The van der Waals surface area contributed by atoms with Crippen molar-refractivity contribution in [3.05, 3.63) is 64.8 Å². The Morgan fingerprint density at radius 2 is 1.60 bits per heavy atom. The number of hydrogen-bond donors (Lipinski definition) is 0. The van der Waals surface area contributed by atoms with Crippen LogP contribution in [0.2, 0.25) is 0 Å². The highest BCUT2D eigenvalue weighted by molar-refractivity contribution is 6.06. The molecule has 2 aliphatic rings. The van der Waals surface area contributed by atoms with Gasteiger partial charge in [-0.25, -0.2) is 8.78 Å².